The Morgan fingerprint density at radius 3 is 2.73 bits per heavy atom. The number of aryl methyl sites for hydroxylation is 1. The highest BCUT2D eigenvalue weighted by molar-refractivity contribution is 5.82. The van der Waals surface area contributed by atoms with Crippen LogP contribution in [-0.4, -0.2) is 54.2 Å². The van der Waals surface area contributed by atoms with Crippen molar-refractivity contribution >= 4 is 35.3 Å². The predicted octanol–water partition coefficient (Wildman–Crippen LogP) is 3.15. The molecule has 158 valence electrons. The summed E-state index contributed by atoms with van der Waals surface area (Å²) >= 11 is 0. The van der Waals surface area contributed by atoms with E-state index in [2.05, 4.69) is 25.9 Å². The quantitative estimate of drug-likeness (QED) is 0.519. The lowest BCUT2D eigenvalue weighted by atomic mass is 10.1. The number of carbonyl (C=O) groups excluding carboxylic acids is 1. The first kappa shape index (κ1) is 21.1. The Morgan fingerprint density at radius 1 is 1.27 bits per heavy atom. The number of nitrogens with one attached hydrogen (secondary N) is 4. The zero-order valence-electron chi connectivity index (χ0n) is 17.7. The number of amides is 1. The second kappa shape index (κ2) is 9.25. The van der Waals surface area contributed by atoms with E-state index in [9.17, 15) is 4.79 Å². The van der Waals surface area contributed by atoms with Gasteiger partial charge in [-0.2, -0.15) is 4.98 Å². The number of hydrogen-bond acceptors (Lipinski definition) is 8. The van der Waals surface area contributed by atoms with Crippen LogP contribution in [0.5, 0.6) is 5.75 Å². The number of ether oxygens (including phenoxy) is 1. The van der Waals surface area contributed by atoms with Crippen LogP contribution >= 0.6 is 0 Å². The van der Waals surface area contributed by atoms with Crippen molar-refractivity contribution < 1.29 is 9.53 Å². The third-order valence-corrected chi connectivity index (χ3v) is 4.86. The van der Waals surface area contributed by atoms with Crippen molar-refractivity contribution in [3.63, 3.8) is 0 Å². The predicted molar refractivity (Wildman–Crippen MR) is 119 cm³/mol. The van der Waals surface area contributed by atoms with Crippen LogP contribution in [0.1, 0.15) is 19.0 Å². The van der Waals surface area contributed by atoms with Crippen molar-refractivity contribution in [1.82, 2.24) is 14.9 Å². The van der Waals surface area contributed by atoms with E-state index in [1.165, 1.54) is 6.21 Å². The number of carbonyl (C=O) groups is 1. The molecule has 0 radical (unpaired) electrons. The highest BCUT2D eigenvalue weighted by Crippen LogP contribution is 2.31. The van der Waals surface area contributed by atoms with Gasteiger partial charge in [0.1, 0.15) is 11.6 Å². The van der Waals surface area contributed by atoms with Crippen LogP contribution in [0, 0.1) is 12.3 Å². The minimum Gasteiger partial charge on any atom is -0.495 e. The molecular formula is C21H27N7O2. The summed E-state index contributed by atoms with van der Waals surface area (Å²) in [4.78, 5) is 22.4. The minimum absolute atomic E-state index is 0.0117. The Hall–Kier alpha value is -3.62. The fourth-order valence-electron chi connectivity index (χ4n) is 3.25. The molecule has 1 aromatic carbocycles. The Balaban J connectivity index is 1.89. The number of rotatable bonds is 7. The number of hydrogen-bond donors (Lipinski definition) is 4. The molecule has 9 nitrogen and oxygen atoms in total. The molecule has 2 aromatic rings. The van der Waals surface area contributed by atoms with Crippen LogP contribution in [0.2, 0.25) is 0 Å². The van der Waals surface area contributed by atoms with Crippen molar-refractivity contribution in [1.29, 1.82) is 5.41 Å². The lowest BCUT2D eigenvalue weighted by Crippen LogP contribution is -2.37. The average Bonchev–Trinajstić information content (AvgIpc) is 2.73. The van der Waals surface area contributed by atoms with E-state index in [4.69, 9.17) is 10.1 Å². The zero-order chi connectivity index (χ0) is 21.7. The third-order valence-electron chi connectivity index (χ3n) is 4.86. The molecule has 0 fully saturated rings. The molecule has 0 bridgehead atoms. The number of aromatic nitrogens is 2. The first-order valence-corrected chi connectivity index (χ1v) is 9.67. The van der Waals surface area contributed by atoms with Gasteiger partial charge in [0.05, 0.1) is 19.3 Å². The lowest BCUT2D eigenvalue weighted by Gasteiger charge is -2.30. The molecular weight excluding hydrogens is 382 g/mol. The molecule has 30 heavy (non-hydrogen) atoms. The van der Waals surface area contributed by atoms with Crippen molar-refractivity contribution in [3.05, 3.63) is 41.2 Å². The van der Waals surface area contributed by atoms with E-state index in [1.54, 1.807) is 18.9 Å². The molecule has 0 saturated carbocycles. The van der Waals surface area contributed by atoms with Crippen LogP contribution in [0.25, 0.3) is 0 Å². The molecule has 0 spiro atoms. The molecule has 1 aliphatic rings. The highest BCUT2D eigenvalue weighted by Gasteiger charge is 2.21. The minimum atomic E-state index is 0.0117. The van der Waals surface area contributed by atoms with Crippen molar-refractivity contribution in [2.24, 2.45) is 0 Å². The number of benzene rings is 1. The van der Waals surface area contributed by atoms with Gasteiger partial charge < -0.3 is 31.0 Å². The van der Waals surface area contributed by atoms with Gasteiger partial charge in [0.15, 0.2) is 0 Å². The molecule has 1 aromatic heterocycles. The molecule has 0 atom stereocenters. The van der Waals surface area contributed by atoms with Crippen molar-refractivity contribution in [2.45, 2.75) is 20.3 Å². The number of methoxy groups -OCH3 is 1. The van der Waals surface area contributed by atoms with E-state index >= 15 is 0 Å². The smallest absolute Gasteiger partial charge is 0.229 e. The zero-order valence-corrected chi connectivity index (χ0v) is 17.7. The Bertz CT molecular complexity index is 987. The van der Waals surface area contributed by atoms with E-state index < -0.39 is 0 Å². The highest BCUT2D eigenvalue weighted by atomic mass is 16.5. The monoisotopic (exact) mass is 409 g/mol. The summed E-state index contributed by atoms with van der Waals surface area (Å²) in [5.41, 5.74) is 4.03. The van der Waals surface area contributed by atoms with Gasteiger partial charge >= 0.3 is 0 Å². The molecule has 2 heterocycles. The second-order valence-electron chi connectivity index (χ2n) is 6.97. The van der Waals surface area contributed by atoms with Crippen LogP contribution in [0.15, 0.2) is 35.5 Å². The largest absolute Gasteiger partial charge is 0.495 e. The number of anilines is 4. The van der Waals surface area contributed by atoms with Crippen LogP contribution < -0.4 is 20.7 Å². The Labute approximate surface area is 176 Å². The molecule has 0 aliphatic carbocycles. The first-order chi connectivity index (χ1) is 14.4. The maximum atomic E-state index is 11.8. The van der Waals surface area contributed by atoms with Crippen molar-refractivity contribution in [2.75, 3.05) is 43.2 Å². The second-order valence-corrected chi connectivity index (χ2v) is 6.97. The van der Waals surface area contributed by atoms with Gasteiger partial charge in [-0.1, -0.05) is 0 Å². The van der Waals surface area contributed by atoms with E-state index in [0.717, 1.165) is 34.2 Å². The number of nitrogens with zero attached hydrogens (tertiary/aromatic N) is 3. The normalized spacial score (nSPS) is 13.7. The summed E-state index contributed by atoms with van der Waals surface area (Å²) in [6.07, 6.45) is 1.98. The van der Waals surface area contributed by atoms with Crippen LogP contribution in [0.3, 0.4) is 0 Å². The van der Waals surface area contributed by atoms with Gasteiger partial charge in [-0.25, -0.2) is 4.98 Å². The van der Waals surface area contributed by atoms with E-state index in [0.29, 0.717) is 31.2 Å². The first-order valence-electron chi connectivity index (χ1n) is 9.67. The molecule has 0 saturated heterocycles. The van der Waals surface area contributed by atoms with Crippen LogP contribution in [-0.2, 0) is 4.79 Å². The SMILES string of the molecule is CNc1cc(C)nc(Nc2ccc(OC)c(NC3=C(C=N)CCN(C(C)=O)C3)c2)n1. The Kier molecular flexibility index (Phi) is 6.51. The van der Waals surface area contributed by atoms with Gasteiger partial charge in [-0.15, -0.1) is 0 Å². The standard InChI is InChI=1S/C21H27N7O2/c1-13-9-20(23-3)27-21(24-13)25-16-5-6-19(30-4)17(10-16)26-18-12-28(14(2)29)8-7-15(18)11-22/h5-6,9-11,22,26H,7-8,12H2,1-4H3,(H2,23,24,25,27). The maximum absolute atomic E-state index is 11.8. The van der Waals surface area contributed by atoms with E-state index in [-0.39, 0.29) is 5.91 Å². The summed E-state index contributed by atoms with van der Waals surface area (Å²) in [6, 6.07) is 7.48. The summed E-state index contributed by atoms with van der Waals surface area (Å²) in [5, 5.41) is 17.3. The molecule has 9 heteroatoms. The lowest BCUT2D eigenvalue weighted by molar-refractivity contribution is -0.128. The Morgan fingerprint density at radius 2 is 2.07 bits per heavy atom. The summed E-state index contributed by atoms with van der Waals surface area (Å²) in [5.74, 6) is 1.87. The summed E-state index contributed by atoms with van der Waals surface area (Å²) < 4.78 is 5.50. The van der Waals surface area contributed by atoms with E-state index in [1.807, 2.05) is 38.2 Å². The fraction of sp³-hybridized carbons (Fsp3) is 0.333. The molecule has 4 N–H and O–H groups in total. The summed E-state index contributed by atoms with van der Waals surface area (Å²) in [7, 11) is 3.41. The average molecular weight is 409 g/mol. The van der Waals surface area contributed by atoms with Gasteiger partial charge in [-0.3, -0.25) is 4.79 Å². The molecule has 3 rings (SSSR count). The molecule has 1 amide bonds. The fourth-order valence-corrected chi connectivity index (χ4v) is 3.25. The van der Waals surface area contributed by atoms with Gasteiger partial charge in [0, 0.05) is 49.9 Å². The van der Waals surface area contributed by atoms with Crippen molar-refractivity contribution in [3.8, 4) is 5.75 Å². The van der Waals surface area contributed by atoms with Gasteiger partial charge in [-0.05, 0) is 37.1 Å². The third kappa shape index (κ3) is 4.86. The van der Waals surface area contributed by atoms with Gasteiger partial charge in [0.25, 0.3) is 0 Å². The molecule has 1 aliphatic heterocycles. The van der Waals surface area contributed by atoms with Crippen LogP contribution in [0.4, 0.5) is 23.1 Å². The maximum Gasteiger partial charge on any atom is 0.229 e. The van der Waals surface area contributed by atoms with Gasteiger partial charge in [0.2, 0.25) is 11.9 Å². The molecule has 0 unspecified atom stereocenters. The topological polar surface area (TPSA) is 115 Å². The summed E-state index contributed by atoms with van der Waals surface area (Å²) in [6.45, 7) is 4.50.